The quantitative estimate of drug-likeness (QED) is 0.882. The summed E-state index contributed by atoms with van der Waals surface area (Å²) in [5.41, 5.74) is 0.512. The van der Waals surface area contributed by atoms with Gasteiger partial charge in [0.05, 0.1) is 5.69 Å². The second-order valence-corrected chi connectivity index (χ2v) is 4.81. The summed E-state index contributed by atoms with van der Waals surface area (Å²) in [6.45, 7) is 2.74. The fraction of sp³-hybridized carbons (Fsp3) is 0.500. The Hall–Kier alpha value is -1.95. The van der Waals surface area contributed by atoms with Crippen molar-refractivity contribution in [2.45, 2.75) is 26.2 Å². The van der Waals surface area contributed by atoms with Gasteiger partial charge in [0.1, 0.15) is 0 Å². The highest BCUT2D eigenvalue weighted by Gasteiger charge is 2.21. The second-order valence-electron chi connectivity index (χ2n) is 4.81. The highest BCUT2D eigenvalue weighted by molar-refractivity contribution is 5.98. The molecule has 0 bridgehead atoms. The molecule has 0 saturated carbocycles. The predicted octanol–water partition coefficient (Wildman–Crippen LogP) is 1.80. The van der Waals surface area contributed by atoms with Gasteiger partial charge in [0.2, 0.25) is 11.8 Å². The fourth-order valence-corrected chi connectivity index (χ4v) is 2.18. The first kappa shape index (κ1) is 14.5. The number of hydrogen-bond acceptors (Lipinski definition) is 4. The van der Waals surface area contributed by atoms with Gasteiger partial charge in [-0.25, -0.2) is 4.98 Å². The molecule has 0 aromatic carbocycles. The number of rotatable bonds is 3. The number of nitrogens with zero attached hydrogens (tertiary/aromatic N) is 1. The number of carbonyl (C=O) groups is 2. The summed E-state index contributed by atoms with van der Waals surface area (Å²) in [5, 5.41) is 5.45. The van der Waals surface area contributed by atoms with Gasteiger partial charge in [0.25, 0.3) is 0 Å². The van der Waals surface area contributed by atoms with Crippen LogP contribution in [0.4, 0.5) is 11.5 Å². The van der Waals surface area contributed by atoms with Crippen molar-refractivity contribution in [2.75, 3.05) is 23.8 Å². The Kier molecular flexibility index (Phi) is 5.06. The van der Waals surface area contributed by atoms with E-state index in [0.717, 1.165) is 12.8 Å². The number of ether oxygens (including phenoxy) is 1. The van der Waals surface area contributed by atoms with Crippen molar-refractivity contribution in [1.29, 1.82) is 0 Å². The maximum Gasteiger partial charge on any atom is 0.228 e. The van der Waals surface area contributed by atoms with Crippen LogP contribution in [0.2, 0.25) is 0 Å². The molecule has 2 heterocycles. The van der Waals surface area contributed by atoms with Crippen molar-refractivity contribution < 1.29 is 14.3 Å². The lowest BCUT2D eigenvalue weighted by Gasteiger charge is -2.15. The standard InChI is InChI=1S/C14H19N3O3/c1-10(18)16-12-5-2-7-15-13(12)17-14(19)11-4-3-8-20-9-6-11/h2,5,7,11H,3-4,6,8-9H2,1H3,(H,16,18)(H,15,17,19). The van der Waals surface area contributed by atoms with Gasteiger partial charge >= 0.3 is 0 Å². The first-order chi connectivity index (χ1) is 9.66. The maximum absolute atomic E-state index is 12.2. The van der Waals surface area contributed by atoms with Gasteiger partial charge in [0, 0.05) is 32.3 Å². The Morgan fingerprint density at radius 3 is 2.95 bits per heavy atom. The molecule has 1 aromatic heterocycles. The van der Waals surface area contributed by atoms with Crippen molar-refractivity contribution in [3.63, 3.8) is 0 Å². The summed E-state index contributed by atoms with van der Waals surface area (Å²) in [6.07, 6.45) is 4.00. The summed E-state index contributed by atoms with van der Waals surface area (Å²) in [5.74, 6) is 0.0553. The van der Waals surface area contributed by atoms with E-state index in [4.69, 9.17) is 4.74 Å². The van der Waals surface area contributed by atoms with E-state index in [1.165, 1.54) is 6.92 Å². The maximum atomic E-state index is 12.2. The van der Waals surface area contributed by atoms with Crippen LogP contribution >= 0.6 is 0 Å². The lowest BCUT2D eigenvalue weighted by molar-refractivity contribution is -0.120. The van der Waals surface area contributed by atoms with E-state index in [0.29, 0.717) is 31.1 Å². The average molecular weight is 277 g/mol. The number of anilines is 2. The molecule has 20 heavy (non-hydrogen) atoms. The third kappa shape index (κ3) is 4.03. The zero-order chi connectivity index (χ0) is 14.4. The Morgan fingerprint density at radius 1 is 1.30 bits per heavy atom. The SMILES string of the molecule is CC(=O)Nc1cccnc1NC(=O)C1CCCOCC1. The van der Waals surface area contributed by atoms with E-state index in [1.807, 2.05) is 0 Å². The van der Waals surface area contributed by atoms with Crippen LogP contribution in [0.25, 0.3) is 0 Å². The zero-order valence-electron chi connectivity index (χ0n) is 11.5. The molecule has 1 aliphatic rings. The largest absolute Gasteiger partial charge is 0.381 e. The minimum atomic E-state index is -0.198. The van der Waals surface area contributed by atoms with Crippen LogP contribution in [-0.4, -0.2) is 30.0 Å². The Bertz CT molecular complexity index is 482. The van der Waals surface area contributed by atoms with Crippen LogP contribution in [-0.2, 0) is 14.3 Å². The molecular formula is C14H19N3O3. The third-order valence-corrected chi connectivity index (χ3v) is 3.18. The van der Waals surface area contributed by atoms with Crippen LogP contribution in [0.5, 0.6) is 0 Å². The van der Waals surface area contributed by atoms with E-state index < -0.39 is 0 Å². The minimum absolute atomic E-state index is 0.0651. The van der Waals surface area contributed by atoms with Crippen LogP contribution in [0.3, 0.4) is 0 Å². The van der Waals surface area contributed by atoms with Gasteiger partial charge in [-0.3, -0.25) is 9.59 Å². The normalized spacial score (nSPS) is 18.9. The molecule has 0 radical (unpaired) electrons. The van der Waals surface area contributed by atoms with E-state index in [9.17, 15) is 9.59 Å². The van der Waals surface area contributed by atoms with Crippen LogP contribution in [0, 0.1) is 5.92 Å². The van der Waals surface area contributed by atoms with Crippen molar-refractivity contribution in [3.05, 3.63) is 18.3 Å². The van der Waals surface area contributed by atoms with Crippen molar-refractivity contribution in [3.8, 4) is 0 Å². The smallest absolute Gasteiger partial charge is 0.228 e. The molecule has 1 aromatic rings. The van der Waals surface area contributed by atoms with Crippen LogP contribution in [0.1, 0.15) is 26.2 Å². The molecule has 2 N–H and O–H groups in total. The molecule has 1 unspecified atom stereocenters. The summed E-state index contributed by atoms with van der Waals surface area (Å²) in [4.78, 5) is 27.5. The molecule has 1 saturated heterocycles. The number of carbonyl (C=O) groups excluding carboxylic acids is 2. The third-order valence-electron chi connectivity index (χ3n) is 3.18. The molecule has 108 valence electrons. The molecule has 1 atom stereocenters. The number of aromatic nitrogens is 1. The second kappa shape index (κ2) is 7.00. The van der Waals surface area contributed by atoms with Crippen molar-refractivity contribution in [1.82, 2.24) is 4.98 Å². The lowest BCUT2D eigenvalue weighted by atomic mass is 10.00. The summed E-state index contributed by atoms with van der Waals surface area (Å²) < 4.78 is 5.35. The minimum Gasteiger partial charge on any atom is -0.381 e. The highest BCUT2D eigenvalue weighted by atomic mass is 16.5. The number of nitrogens with one attached hydrogen (secondary N) is 2. The van der Waals surface area contributed by atoms with E-state index >= 15 is 0 Å². The molecular weight excluding hydrogens is 258 g/mol. The Balaban J connectivity index is 2.04. The predicted molar refractivity (Wildman–Crippen MR) is 75.3 cm³/mol. The van der Waals surface area contributed by atoms with Gasteiger partial charge < -0.3 is 15.4 Å². The van der Waals surface area contributed by atoms with Gasteiger partial charge in [-0.1, -0.05) is 0 Å². The van der Waals surface area contributed by atoms with E-state index in [2.05, 4.69) is 15.6 Å². The summed E-state index contributed by atoms with van der Waals surface area (Å²) >= 11 is 0. The fourth-order valence-electron chi connectivity index (χ4n) is 2.18. The molecule has 6 heteroatoms. The van der Waals surface area contributed by atoms with E-state index in [1.54, 1.807) is 18.3 Å². The number of hydrogen-bond donors (Lipinski definition) is 2. The van der Waals surface area contributed by atoms with Gasteiger partial charge in [0.15, 0.2) is 5.82 Å². The molecule has 2 amide bonds. The zero-order valence-corrected chi connectivity index (χ0v) is 11.5. The van der Waals surface area contributed by atoms with Crippen LogP contribution < -0.4 is 10.6 Å². The molecule has 0 aliphatic carbocycles. The van der Waals surface area contributed by atoms with E-state index in [-0.39, 0.29) is 17.7 Å². The molecule has 2 rings (SSSR count). The summed E-state index contributed by atoms with van der Waals surface area (Å²) in [6, 6.07) is 3.42. The monoisotopic (exact) mass is 277 g/mol. The first-order valence-electron chi connectivity index (χ1n) is 6.78. The summed E-state index contributed by atoms with van der Waals surface area (Å²) in [7, 11) is 0. The van der Waals surface area contributed by atoms with Gasteiger partial charge in [-0.05, 0) is 31.4 Å². The lowest BCUT2D eigenvalue weighted by Crippen LogP contribution is -2.24. The van der Waals surface area contributed by atoms with Gasteiger partial charge in [-0.15, -0.1) is 0 Å². The Labute approximate surface area is 117 Å². The highest BCUT2D eigenvalue weighted by Crippen LogP contribution is 2.21. The van der Waals surface area contributed by atoms with Crippen molar-refractivity contribution >= 4 is 23.3 Å². The molecule has 1 fully saturated rings. The van der Waals surface area contributed by atoms with Gasteiger partial charge in [-0.2, -0.15) is 0 Å². The number of amides is 2. The molecule has 0 spiro atoms. The average Bonchev–Trinajstić information content (AvgIpc) is 2.69. The first-order valence-corrected chi connectivity index (χ1v) is 6.78. The van der Waals surface area contributed by atoms with Crippen LogP contribution in [0.15, 0.2) is 18.3 Å². The van der Waals surface area contributed by atoms with Crippen molar-refractivity contribution in [2.24, 2.45) is 5.92 Å². The number of pyridine rings is 1. The topological polar surface area (TPSA) is 80.3 Å². The molecule has 6 nitrogen and oxygen atoms in total. The Morgan fingerprint density at radius 2 is 2.15 bits per heavy atom. The molecule has 1 aliphatic heterocycles.